The number of nitrogens with zero attached hydrogens (tertiary/aromatic N) is 3. The van der Waals surface area contributed by atoms with E-state index in [9.17, 15) is 4.79 Å². The Hall–Kier alpha value is -2.95. The fraction of sp³-hybridized carbons (Fsp3) is 0.444. The Kier molecular flexibility index (Phi) is 4.49. The van der Waals surface area contributed by atoms with Crippen LogP contribution in [0.3, 0.4) is 0 Å². The van der Waals surface area contributed by atoms with Crippen molar-refractivity contribution in [3.63, 3.8) is 0 Å². The van der Waals surface area contributed by atoms with Crippen LogP contribution in [0.5, 0.6) is 0 Å². The highest BCUT2D eigenvalue weighted by atomic mass is 16.2. The first-order valence-corrected chi connectivity index (χ1v) is 11.8. The third-order valence-corrected chi connectivity index (χ3v) is 8.14. The molecule has 5 nitrogen and oxygen atoms in total. The second kappa shape index (κ2) is 7.29. The maximum Gasteiger partial charge on any atom is 0.231 e. The Morgan fingerprint density at radius 1 is 1.06 bits per heavy atom. The fourth-order valence-electron chi connectivity index (χ4n) is 7.20. The van der Waals surface area contributed by atoms with Crippen molar-refractivity contribution in [2.24, 2.45) is 17.3 Å². The molecule has 32 heavy (non-hydrogen) atoms. The summed E-state index contributed by atoms with van der Waals surface area (Å²) in [6, 6.07) is 16.9. The number of aryl methyl sites for hydroxylation is 1. The van der Waals surface area contributed by atoms with Crippen LogP contribution in [0.2, 0.25) is 0 Å². The number of hydrogen-bond donors (Lipinski definition) is 1. The predicted molar refractivity (Wildman–Crippen MR) is 124 cm³/mol. The average molecular weight is 427 g/mol. The van der Waals surface area contributed by atoms with E-state index in [1.165, 1.54) is 30.4 Å². The van der Waals surface area contributed by atoms with Crippen LogP contribution in [0.25, 0.3) is 0 Å². The van der Waals surface area contributed by atoms with Gasteiger partial charge in [0.1, 0.15) is 0 Å². The maximum absolute atomic E-state index is 13.7. The minimum atomic E-state index is -0.264. The minimum Gasteiger partial charge on any atom is -0.309 e. The average Bonchev–Trinajstić information content (AvgIpc) is 3.20. The molecule has 164 valence electrons. The molecule has 1 aromatic carbocycles. The number of benzene rings is 1. The predicted octanol–water partition coefficient (Wildman–Crippen LogP) is 5.11. The first-order valence-electron chi connectivity index (χ1n) is 11.8. The fourth-order valence-corrected chi connectivity index (χ4v) is 7.20. The summed E-state index contributed by atoms with van der Waals surface area (Å²) in [5, 5.41) is 7.79. The zero-order valence-corrected chi connectivity index (χ0v) is 18.6. The van der Waals surface area contributed by atoms with E-state index in [1.54, 1.807) is 6.20 Å². The molecule has 2 atom stereocenters. The molecule has 0 aliphatic heterocycles. The second-order valence-corrected chi connectivity index (χ2v) is 10.6. The molecular weight excluding hydrogens is 396 g/mol. The smallest absolute Gasteiger partial charge is 0.231 e. The number of rotatable bonds is 5. The van der Waals surface area contributed by atoms with Crippen LogP contribution in [-0.4, -0.2) is 20.7 Å². The molecule has 4 bridgehead atoms. The summed E-state index contributed by atoms with van der Waals surface area (Å²) >= 11 is 0. The molecule has 3 aromatic rings. The summed E-state index contributed by atoms with van der Waals surface area (Å²) in [6.07, 6.45) is 10.5. The lowest BCUT2D eigenvalue weighted by Crippen LogP contribution is -2.58. The lowest BCUT2D eigenvalue weighted by molar-refractivity contribution is -0.143. The number of hydrogen-bond acceptors (Lipinski definition) is 3. The molecule has 0 saturated heterocycles. The summed E-state index contributed by atoms with van der Waals surface area (Å²) < 4.78 is 1.84. The SMILES string of the molecule is Cc1ccc(C23CC4CC(CC(C(=O)Nc5ccn(Cc6ccccn6)n5)(C4)C2)C3)cc1. The van der Waals surface area contributed by atoms with Gasteiger partial charge in [-0.3, -0.25) is 14.5 Å². The van der Waals surface area contributed by atoms with Gasteiger partial charge in [0.15, 0.2) is 5.82 Å². The molecule has 0 spiro atoms. The normalized spacial score (nSPS) is 30.4. The Labute approximate surface area is 189 Å². The molecule has 4 aliphatic carbocycles. The lowest BCUT2D eigenvalue weighted by atomic mass is 9.42. The molecule has 4 fully saturated rings. The number of carbonyl (C=O) groups excluding carboxylic acids is 1. The molecule has 4 saturated carbocycles. The van der Waals surface area contributed by atoms with Crippen molar-refractivity contribution in [1.29, 1.82) is 0 Å². The van der Waals surface area contributed by atoms with Gasteiger partial charge in [-0.15, -0.1) is 0 Å². The highest BCUT2D eigenvalue weighted by Crippen LogP contribution is 2.66. The Morgan fingerprint density at radius 3 is 2.56 bits per heavy atom. The van der Waals surface area contributed by atoms with Gasteiger partial charge in [-0.05, 0) is 80.4 Å². The van der Waals surface area contributed by atoms with Gasteiger partial charge in [0.25, 0.3) is 0 Å². The first-order chi connectivity index (χ1) is 15.5. The number of amides is 1. The van der Waals surface area contributed by atoms with Gasteiger partial charge < -0.3 is 5.32 Å². The highest BCUT2D eigenvalue weighted by molar-refractivity contribution is 5.95. The van der Waals surface area contributed by atoms with Crippen LogP contribution >= 0.6 is 0 Å². The molecule has 0 radical (unpaired) electrons. The van der Waals surface area contributed by atoms with E-state index in [0.29, 0.717) is 24.2 Å². The van der Waals surface area contributed by atoms with Crippen molar-refractivity contribution < 1.29 is 4.79 Å². The monoisotopic (exact) mass is 426 g/mol. The van der Waals surface area contributed by atoms with Gasteiger partial charge in [-0.25, -0.2) is 0 Å². The van der Waals surface area contributed by atoms with Crippen molar-refractivity contribution in [3.8, 4) is 0 Å². The van der Waals surface area contributed by atoms with Gasteiger partial charge in [-0.2, -0.15) is 5.10 Å². The number of pyridine rings is 1. The van der Waals surface area contributed by atoms with E-state index in [0.717, 1.165) is 25.0 Å². The van der Waals surface area contributed by atoms with Crippen LogP contribution in [0, 0.1) is 24.2 Å². The van der Waals surface area contributed by atoms with E-state index < -0.39 is 0 Å². The van der Waals surface area contributed by atoms with Crippen LogP contribution in [0.4, 0.5) is 5.82 Å². The highest BCUT2D eigenvalue weighted by Gasteiger charge is 2.60. The molecule has 2 heterocycles. The summed E-state index contributed by atoms with van der Waals surface area (Å²) in [7, 11) is 0. The summed E-state index contributed by atoms with van der Waals surface area (Å²) in [5.74, 6) is 2.13. The van der Waals surface area contributed by atoms with Crippen molar-refractivity contribution in [1.82, 2.24) is 14.8 Å². The number of carbonyl (C=O) groups is 1. The Balaban J connectivity index is 1.23. The van der Waals surface area contributed by atoms with E-state index in [1.807, 2.05) is 35.1 Å². The largest absolute Gasteiger partial charge is 0.309 e. The molecule has 2 aromatic heterocycles. The Morgan fingerprint density at radius 2 is 1.84 bits per heavy atom. The molecule has 2 unspecified atom stereocenters. The van der Waals surface area contributed by atoms with Gasteiger partial charge >= 0.3 is 0 Å². The van der Waals surface area contributed by atoms with Crippen molar-refractivity contribution in [2.45, 2.75) is 57.4 Å². The zero-order chi connectivity index (χ0) is 21.8. The first kappa shape index (κ1) is 19.7. The number of nitrogens with one attached hydrogen (secondary N) is 1. The van der Waals surface area contributed by atoms with Crippen LogP contribution in [0.15, 0.2) is 60.9 Å². The summed E-state index contributed by atoms with van der Waals surface area (Å²) in [4.78, 5) is 18.1. The Bertz CT molecular complexity index is 1120. The topological polar surface area (TPSA) is 59.8 Å². The van der Waals surface area contributed by atoms with Gasteiger partial charge in [0.05, 0.1) is 17.7 Å². The van der Waals surface area contributed by atoms with Crippen LogP contribution in [0.1, 0.15) is 55.3 Å². The van der Waals surface area contributed by atoms with Crippen molar-refractivity contribution in [3.05, 3.63) is 77.7 Å². The van der Waals surface area contributed by atoms with Crippen molar-refractivity contribution in [2.75, 3.05) is 5.32 Å². The van der Waals surface area contributed by atoms with Gasteiger partial charge in [0, 0.05) is 18.5 Å². The van der Waals surface area contributed by atoms with Gasteiger partial charge in [0.2, 0.25) is 5.91 Å². The lowest BCUT2D eigenvalue weighted by Gasteiger charge is -2.61. The molecule has 7 rings (SSSR count). The van der Waals surface area contributed by atoms with Gasteiger partial charge in [-0.1, -0.05) is 35.9 Å². The quantitative estimate of drug-likeness (QED) is 0.617. The summed E-state index contributed by atoms with van der Waals surface area (Å²) in [6.45, 7) is 2.74. The second-order valence-electron chi connectivity index (χ2n) is 10.6. The molecule has 4 aliphatic rings. The maximum atomic E-state index is 13.7. The van der Waals surface area contributed by atoms with Crippen LogP contribution in [-0.2, 0) is 16.8 Å². The third kappa shape index (κ3) is 3.35. The standard InChI is InChI=1S/C27H30N4O/c1-19-5-7-22(8-6-19)26-13-20-12-21(14-26)16-27(15-20,18-26)25(32)29-24-9-11-31(30-24)17-23-4-2-3-10-28-23/h2-11,20-21H,12-18H2,1H3,(H,29,30,32). The zero-order valence-electron chi connectivity index (χ0n) is 18.6. The van der Waals surface area contributed by atoms with Crippen LogP contribution < -0.4 is 5.32 Å². The molecular formula is C27H30N4O. The van der Waals surface area contributed by atoms with E-state index in [4.69, 9.17) is 0 Å². The number of aromatic nitrogens is 3. The third-order valence-electron chi connectivity index (χ3n) is 8.14. The van der Waals surface area contributed by atoms with E-state index in [2.05, 4.69) is 46.6 Å². The van der Waals surface area contributed by atoms with E-state index in [-0.39, 0.29) is 16.7 Å². The van der Waals surface area contributed by atoms with Crippen molar-refractivity contribution >= 4 is 11.7 Å². The molecule has 1 N–H and O–H groups in total. The molecule has 5 heteroatoms. The number of anilines is 1. The molecule has 1 amide bonds. The minimum absolute atomic E-state index is 0.160. The van der Waals surface area contributed by atoms with E-state index >= 15 is 0 Å². The summed E-state index contributed by atoms with van der Waals surface area (Å²) in [5.41, 5.74) is 3.59.